The number of benzene rings is 2. The third-order valence-corrected chi connectivity index (χ3v) is 7.10. The fourth-order valence-electron chi connectivity index (χ4n) is 4.91. The highest BCUT2D eigenvalue weighted by atomic mass is 35.5. The number of rotatable bonds is 4. The molecule has 0 spiro atoms. The molecule has 6 nitrogen and oxygen atoms in total. The van der Waals surface area contributed by atoms with Crippen LogP contribution in [0.15, 0.2) is 42.5 Å². The molecule has 2 atom stereocenters. The van der Waals surface area contributed by atoms with Crippen LogP contribution in [-0.2, 0) is 24.9 Å². The standard InChI is InChI=1S/C26H20ClF9N4O2/c1-2-23(37)11-17(16-9-13(24(28,29)30)3-4-19(16)40(23)22(41)42)18-10-20(27)39-21(38-18)7-12-5-14(25(31,32)33)8-15(6-12)26(34,35)36/h3-6,8-10,17H,2,7,11,37H2,1H3,(H,41,42)/t17-,23+/m0/s1. The zero-order chi connectivity index (χ0) is 31.4. The van der Waals surface area contributed by atoms with E-state index in [0.717, 1.165) is 17.0 Å². The Morgan fingerprint density at radius 1 is 0.952 bits per heavy atom. The summed E-state index contributed by atoms with van der Waals surface area (Å²) in [6.45, 7) is 1.56. The Kier molecular flexibility index (Phi) is 7.91. The number of nitrogens with two attached hydrogens (primary N) is 1. The van der Waals surface area contributed by atoms with Crippen molar-refractivity contribution in [2.75, 3.05) is 4.90 Å². The molecule has 226 valence electrons. The molecular weight excluding hydrogens is 607 g/mol. The van der Waals surface area contributed by atoms with Crippen molar-refractivity contribution in [1.82, 2.24) is 9.97 Å². The van der Waals surface area contributed by atoms with Crippen molar-refractivity contribution in [3.05, 3.63) is 87.0 Å². The van der Waals surface area contributed by atoms with Crippen LogP contribution >= 0.6 is 11.6 Å². The van der Waals surface area contributed by atoms with Gasteiger partial charge in [-0.2, -0.15) is 39.5 Å². The normalized spacial score (nSPS) is 19.5. The summed E-state index contributed by atoms with van der Waals surface area (Å²) in [7, 11) is 0. The van der Waals surface area contributed by atoms with Crippen molar-refractivity contribution in [1.29, 1.82) is 0 Å². The molecule has 0 radical (unpaired) electrons. The quantitative estimate of drug-likeness (QED) is 0.227. The minimum Gasteiger partial charge on any atom is -0.465 e. The maximum Gasteiger partial charge on any atom is 0.416 e. The lowest BCUT2D eigenvalue weighted by Crippen LogP contribution is -2.61. The molecular formula is C26H20ClF9N4O2. The van der Waals surface area contributed by atoms with E-state index in [0.29, 0.717) is 18.2 Å². The Hall–Kier alpha value is -3.59. The summed E-state index contributed by atoms with van der Waals surface area (Å²) in [5.74, 6) is -1.42. The van der Waals surface area contributed by atoms with Crippen molar-refractivity contribution in [2.24, 2.45) is 5.73 Å². The lowest BCUT2D eigenvalue weighted by atomic mass is 9.78. The molecule has 1 aliphatic rings. The highest BCUT2D eigenvalue weighted by Crippen LogP contribution is 2.47. The third kappa shape index (κ3) is 6.26. The molecule has 0 fully saturated rings. The van der Waals surface area contributed by atoms with Gasteiger partial charge in [0.05, 0.1) is 28.1 Å². The summed E-state index contributed by atoms with van der Waals surface area (Å²) in [4.78, 5) is 21.0. The Labute approximate surface area is 236 Å². The van der Waals surface area contributed by atoms with Gasteiger partial charge in [-0.3, -0.25) is 4.90 Å². The second-order valence-electron chi connectivity index (χ2n) is 9.73. The molecule has 0 bridgehead atoms. The van der Waals surface area contributed by atoms with Crippen molar-refractivity contribution in [2.45, 2.75) is 56.3 Å². The Morgan fingerprint density at radius 2 is 1.52 bits per heavy atom. The zero-order valence-corrected chi connectivity index (χ0v) is 22.1. The van der Waals surface area contributed by atoms with Crippen LogP contribution in [-0.4, -0.2) is 26.8 Å². The SMILES string of the molecule is CC[C@]1(N)C[C@H](c2cc(Cl)nc(Cc3cc(C(F)(F)F)cc(C(F)(F)F)c3)n2)c2cc(C(F)(F)F)ccc2N1C(=O)O. The Bertz CT molecular complexity index is 1490. The van der Waals surface area contributed by atoms with Crippen LogP contribution < -0.4 is 10.6 Å². The summed E-state index contributed by atoms with van der Waals surface area (Å²) in [5, 5.41) is 9.57. The average Bonchev–Trinajstić information content (AvgIpc) is 2.85. The van der Waals surface area contributed by atoms with Crippen molar-refractivity contribution < 1.29 is 49.4 Å². The summed E-state index contributed by atoms with van der Waals surface area (Å²) < 4.78 is 121. The number of hydrogen-bond donors (Lipinski definition) is 2. The maximum atomic E-state index is 13.6. The van der Waals surface area contributed by atoms with Crippen LogP contribution in [0.1, 0.15) is 65.0 Å². The van der Waals surface area contributed by atoms with E-state index >= 15 is 0 Å². The fourth-order valence-corrected chi connectivity index (χ4v) is 5.12. The van der Waals surface area contributed by atoms with Gasteiger partial charge in [0.2, 0.25) is 0 Å². The summed E-state index contributed by atoms with van der Waals surface area (Å²) >= 11 is 6.13. The predicted octanol–water partition coefficient (Wildman–Crippen LogP) is 7.86. The monoisotopic (exact) mass is 626 g/mol. The molecule has 4 rings (SSSR count). The maximum absolute atomic E-state index is 13.6. The second kappa shape index (κ2) is 10.6. The van der Waals surface area contributed by atoms with Gasteiger partial charge >= 0.3 is 24.6 Å². The largest absolute Gasteiger partial charge is 0.465 e. The number of anilines is 1. The van der Waals surface area contributed by atoms with Crippen molar-refractivity contribution in [3.8, 4) is 0 Å². The fraction of sp³-hybridized carbons (Fsp3) is 0.346. The van der Waals surface area contributed by atoms with Crippen LogP contribution in [0.5, 0.6) is 0 Å². The lowest BCUT2D eigenvalue weighted by molar-refractivity contribution is -0.143. The van der Waals surface area contributed by atoms with Gasteiger partial charge in [0.25, 0.3) is 0 Å². The number of aromatic nitrogens is 2. The molecule has 16 heteroatoms. The van der Waals surface area contributed by atoms with E-state index in [2.05, 4.69) is 9.97 Å². The zero-order valence-electron chi connectivity index (χ0n) is 21.3. The molecule has 3 aromatic rings. The molecule has 1 aromatic heterocycles. The number of alkyl halides is 9. The summed E-state index contributed by atoms with van der Waals surface area (Å²) in [6, 6.07) is 4.51. The second-order valence-corrected chi connectivity index (χ2v) is 10.1. The van der Waals surface area contributed by atoms with Crippen LogP contribution in [0.4, 0.5) is 50.0 Å². The molecule has 1 amide bonds. The number of carboxylic acid groups (broad SMARTS) is 1. The van der Waals surface area contributed by atoms with E-state index in [-0.39, 0.29) is 46.8 Å². The number of amides is 1. The highest BCUT2D eigenvalue weighted by Gasteiger charge is 2.46. The van der Waals surface area contributed by atoms with Gasteiger partial charge in [0.1, 0.15) is 16.6 Å². The van der Waals surface area contributed by atoms with Crippen LogP contribution in [0, 0.1) is 0 Å². The molecule has 2 heterocycles. The van der Waals surface area contributed by atoms with Crippen LogP contribution in [0.2, 0.25) is 5.15 Å². The third-order valence-electron chi connectivity index (χ3n) is 6.91. The first-order chi connectivity index (χ1) is 19.2. The number of halogens is 10. The lowest BCUT2D eigenvalue weighted by Gasteiger charge is -2.46. The van der Waals surface area contributed by atoms with E-state index in [9.17, 15) is 49.4 Å². The van der Waals surface area contributed by atoms with E-state index in [4.69, 9.17) is 17.3 Å². The minimum absolute atomic E-state index is 0.0202. The molecule has 0 saturated heterocycles. The van der Waals surface area contributed by atoms with Crippen LogP contribution in [0.3, 0.4) is 0 Å². The molecule has 3 N–H and O–H groups in total. The van der Waals surface area contributed by atoms with Gasteiger partial charge in [0.15, 0.2) is 0 Å². The summed E-state index contributed by atoms with van der Waals surface area (Å²) in [6.07, 6.45) is -17.4. The Morgan fingerprint density at radius 3 is 2.02 bits per heavy atom. The van der Waals surface area contributed by atoms with Gasteiger partial charge in [-0.05, 0) is 66.4 Å². The van der Waals surface area contributed by atoms with Gasteiger partial charge in [-0.15, -0.1) is 0 Å². The first-order valence-electron chi connectivity index (χ1n) is 12.1. The smallest absolute Gasteiger partial charge is 0.416 e. The van der Waals surface area contributed by atoms with Crippen molar-refractivity contribution >= 4 is 23.4 Å². The van der Waals surface area contributed by atoms with Gasteiger partial charge in [-0.25, -0.2) is 14.8 Å². The van der Waals surface area contributed by atoms with Gasteiger partial charge < -0.3 is 10.8 Å². The van der Waals surface area contributed by atoms with E-state index in [1.165, 1.54) is 6.07 Å². The number of carbonyl (C=O) groups is 1. The van der Waals surface area contributed by atoms with Crippen molar-refractivity contribution in [3.63, 3.8) is 0 Å². The topological polar surface area (TPSA) is 92.3 Å². The molecule has 2 aromatic carbocycles. The number of nitrogens with zero attached hydrogens (tertiary/aromatic N) is 3. The first-order valence-corrected chi connectivity index (χ1v) is 12.5. The van der Waals surface area contributed by atoms with Crippen LogP contribution in [0.25, 0.3) is 0 Å². The van der Waals surface area contributed by atoms with E-state index in [1.807, 2.05) is 0 Å². The Balaban J connectivity index is 1.86. The average molecular weight is 627 g/mol. The first kappa shape index (κ1) is 31.3. The predicted molar refractivity (Wildman–Crippen MR) is 132 cm³/mol. The molecule has 0 aliphatic carbocycles. The van der Waals surface area contributed by atoms with Gasteiger partial charge in [-0.1, -0.05) is 18.5 Å². The minimum atomic E-state index is -5.10. The van der Waals surface area contributed by atoms with E-state index < -0.39 is 64.9 Å². The molecule has 42 heavy (non-hydrogen) atoms. The number of fused-ring (bicyclic) bond motifs is 1. The van der Waals surface area contributed by atoms with Gasteiger partial charge in [0, 0.05) is 12.3 Å². The molecule has 1 aliphatic heterocycles. The number of hydrogen-bond acceptors (Lipinski definition) is 4. The summed E-state index contributed by atoms with van der Waals surface area (Å²) in [5.41, 5.74) is -0.192. The van der Waals surface area contributed by atoms with E-state index in [1.54, 1.807) is 6.92 Å². The highest BCUT2D eigenvalue weighted by molar-refractivity contribution is 6.29. The molecule has 0 saturated carbocycles. The molecule has 0 unspecified atom stereocenters.